The Bertz CT molecular complexity index is 1070. The molecule has 1 fully saturated rings. The molecule has 1 aromatic carbocycles. The van der Waals surface area contributed by atoms with Crippen LogP contribution in [0.5, 0.6) is 0 Å². The Morgan fingerprint density at radius 1 is 1.11 bits per heavy atom. The fourth-order valence-corrected chi connectivity index (χ4v) is 5.95. The molecule has 1 aliphatic carbocycles. The summed E-state index contributed by atoms with van der Waals surface area (Å²) in [5.41, 5.74) is 2.46. The van der Waals surface area contributed by atoms with Gasteiger partial charge in [0.15, 0.2) is 0 Å². The summed E-state index contributed by atoms with van der Waals surface area (Å²) in [6.45, 7) is 0.761. The Kier molecular flexibility index (Phi) is 4.14. The van der Waals surface area contributed by atoms with Crippen molar-refractivity contribution in [2.24, 2.45) is 0 Å². The summed E-state index contributed by atoms with van der Waals surface area (Å²) < 4.78 is 32.7. The van der Waals surface area contributed by atoms with E-state index in [0.29, 0.717) is 29.7 Å². The zero-order valence-corrected chi connectivity index (χ0v) is 16.3. The number of aromatic nitrogens is 2. The van der Waals surface area contributed by atoms with E-state index >= 15 is 0 Å². The Balaban J connectivity index is 1.31. The first-order valence-electron chi connectivity index (χ1n) is 9.11. The van der Waals surface area contributed by atoms with Gasteiger partial charge in [0.1, 0.15) is 0 Å². The van der Waals surface area contributed by atoms with E-state index in [-0.39, 0.29) is 5.92 Å². The molecule has 0 spiro atoms. The van der Waals surface area contributed by atoms with Crippen molar-refractivity contribution in [3.05, 3.63) is 52.7 Å². The second-order valence-corrected chi connectivity index (χ2v) is 9.98. The molecular formula is C19H19N3O3S2. The standard InChI is InChI=1S/C19H19N3O3S2/c23-27(24,16-8-7-13-4-1-2-5-14(13)10-16)22-11-15(12-22)19-20-18(21-25-19)17-6-3-9-26-17/h3,6-10,15H,1-2,4-5,11-12H2. The SMILES string of the molecule is O=S(=O)(c1ccc2c(c1)CCCC2)N1CC(c2nc(-c3cccs3)no2)C1. The first-order chi connectivity index (χ1) is 13.1. The molecule has 3 aromatic rings. The van der Waals surface area contributed by atoms with Crippen LogP contribution in [0.15, 0.2) is 45.1 Å². The molecule has 0 radical (unpaired) electrons. The van der Waals surface area contributed by atoms with Crippen LogP contribution in [-0.2, 0) is 22.9 Å². The smallest absolute Gasteiger partial charge is 0.243 e. The van der Waals surface area contributed by atoms with Crippen molar-refractivity contribution in [2.75, 3.05) is 13.1 Å². The average molecular weight is 402 g/mol. The van der Waals surface area contributed by atoms with Gasteiger partial charge in [-0.15, -0.1) is 11.3 Å². The van der Waals surface area contributed by atoms with E-state index in [1.807, 2.05) is 29.6 Å². The van der Waals surface area contributed by atoms with Crippen LogP contribution in [0.25, 0.3) is 10.7 Å². The average Bonchev–Trinajstić information content (AvgIpc) is 3.31. The van der Waals surface area contributed by atoms with Crippen LogP contribution in [0, 0.1) is 0 Å². The van der Waals surface area contributed by atoms with E-state index in [1.54, 1.807) is 17.4 Å². The predicted octanol–water partition coefficient (Wildman–Crippen LogP) is 3.47. The van der Waals surface area contributed by atoms with Crippen LogP contribution < -0.4 is 0 Å². The largest absolute Gasteiger partial charge is 0.339 e. The lowest BCUT2D eigenvalue weighted by Crippen LogP contribution is -2.48. The summed E-state index contributed by atoms with van der Waals surface area (Å²) in [6.07, 6.45) is 4.33. The van der Waals surface area contributed by atoms with Gasteiger partial charge in [0.25, 0.3) is 0 Å². The second kappa shape index (κ2) is 6.54. The number of thiophene rings is 1. The van der Waals surface area contributed by atoms with Gasteiger partial charge < -0.3 is 4.52 Å². The molecule has 0 N–H and O–H groups in total. The molecule has 5 rings (SSSR count). The van der Waals surface area contributed by atoms with Gasteiger partial charge in [-0.3, -0.25) is 0 Å². The van der Waals surface area contributed by atoms with Gasteiger partial charge in [0.2, 0.25) is 21.7 Å². The molecule has 1 aliphatic heterocycles. The maximum absolute atomic E-state index is 12.9. The van der Waals surface area contributed by atoms with Crippen LogP contribution in [0.1, 0.15) is 35.8 Å². The first-order valence-corrected chi connectivity index (χ1v) is 11.4. The Hall–Kier alpha value is -2.03. The molecule has 0 unspecified atom stereocenters. The molecular weight excluding hydrogens is 382 g/mol. The number of fused-ring (bicyclic) bond motifs is 1. The fraction of sp³-hybridized carbons (Fsp3) is 0.368. The lowest BCUT2D eigenvalue weighted by molar-refractivity contribution is 0.217. The molecule has 0 atom stereocenters. The third-order valence-electron chi connectivity index (χ3n) is 5.34. The summed E-state index contributed by atoms with van der Waals surface area (Å²) in [7, 11) is -3.47. The lowest BCUT2D eigenvalue weighted by atomic mass is 9.92. The highest BCUT2D eigenvalue weighted by Gasteiger charge is 2.40. The van der Waals surface area contributed by atoms with Gasteiger partial charge in [0, 0.05) is 13.1 Å². The lowest BCUT2D eigenvalue weighted by Gasteiger charge is -2.36. The molecule has 1 saturated heterocycles. The van der Waals surface area contributed by atoms with Gasteiger partial charge in [-0.1, -0.05) is 17.3 Å². The van der Waals surface area contributed by atoms with Gasteiger partial charge in [-0.2, -0.15) is 9.29 Å². The summed E-state index contributed by atoms with van der Waals surface area (Å²) >= 11 is 1.55. The molecule has 0 bridgehead atoms. The van der Waals surface area contributed by atoms with Crippen LogP contribution in [0.4, 0.5) is 0 Å². The van der Waals surface area contributed by atoms with Crippen LogP contribution in [0.3, 0.4) is 0 Å². The number of hydrogen-bond donors (Lipinski definition) is 0. The number of rotatable bonds is 4. The highest BCUT2D eigenvalue weighted by molar-refractivity contribution is 7.89. The molecule has 8 heteroatoms. The van der Waals surface area contributed by atoms with Crippen molar-refractivity contribution in [3.8, 4) is 10.7 Å². The van der Waals surface area contributed by atoms with Crippen molar-refractivity contribution in [1.29, 1.82) is 0 Å². The maximum atomic E-state index is 12.9. The van der Waals surface area contributed by atoms with Gasteiger partial charge >= 0.3 is 0 Å². The quantitative estimate of drug-likeness (QED) is 0.669. The minimum absolute atomic E-state index is 0.0429. The fourth-order valence-electron chi connectivity index (χ4n) is 3.72. The van der Waals surface area contributed by atoms with Crippen LogP contribution in [0.2, 0.25) is 0 Å². The highest BCUT2D eigenvalue weighted by Crippen LogP contribution is 2.34. The second-order valence-electron chi connectivity index (χ2n) is 7.09. The van der Waals surface area contributed by atoms with Crippen molar-refractivity contribution < 1.29 is 12.9 Å². The van der Waals surface area contributed by atoms with Gasteiger partial charge in [0.05, 0.1) is 15.7 Å². The normalized spacial score (nSPS) is 18.2. The van der Waals surface area contributed by atoms with E-state index in [2.05, 4.69) is 10.1 Å². The van der Waals surface area contributed by atoms with Gasteiger partial charge in [-0.25, -0.2) is 8.42 Å². The van der Waals surface area contributed by atoms with Crippen molar-refractivity contribution in [3.63, 3.8) is 0 Å². The van der Waals surface area contributed by atoms with Crippen LogP contribution >= 0.6 is 11.3 Å². The van der Waals surface area contributed by atoms with Crippen molar-refractivity contribution in [2.45, 2.75) is 36.5 Å². The topological polar surface area (TPSA) is 76.3 Å². The first kappa shape index (κ1) is 17.1. The van der Waals surface area contributed by atoms with E-state index in [9.17, 15) is 8.42 Å². The highest BCUT2D eigenvalue weighted by atomic mass is 32.2. The Morgan fingerprint density at radius 3 is 2.70 bits per heavy atom. The molecule has 0 saturated carbocycles. The molecule has 3 heterocycles. The molecule has 2 aliphatic rings. The molecule has 6 nitrogen and oxygen atoms in total. The number of nitrogens with zero attached hydrogens (tertiary/aromatic N) is 3. The van der Waals surface area contributed by atoms with Crippen molar-refractivity contribution in [1.82, 2.24) is 14.4 Å². The van der Waals surface area contributed by atoms with Crippen molar-refractivity contribution >= 4 is 21.4 Å². The zero-order chi connectivity index (χ0) is 18.4. The molecule has 0 amide bonds. The summed E-state index contributed by atoms with van der Waals surface area (Å²) in [6, 6.07) is 9.45. The minimum Gasteiger partial charge on any atom is -0.339 e. The molecule has 27 heavy (non-hydrogen) atoms. The monoisotopic (exact) mass is 401 g/mol. The molecule has 2 aromatic heterocycles. The number of hydrogen-bond acceptors (Lipinski definition) is 6. The number of sulfonamides is 1. The number of benzene rings is 1. The van der Waals surface area contributed by atoms with Crippen LogP contribution in [-0.4, -0.2) is 36.0 Å². The van der Waals surface area contributed by atoms with E-state index in [4.69, 9.17) is 4.52 Å². The van der Waals surface area contributed by atoms with Gasteiger partial charge in [-0.05, 0) is 60.4 Å². The zero-order valence-electron chi connectivity index (χ0n) is 14.7. The van der Waals surface area contributed by atoms with E-state index in [0.717, 1.165) is 24.1 Å². The van der Waals surface area contributed by atoms with E-state index < -0.39 is 10.0 Å². The summed E-state index contributed by atoms with van der Waals surface area (Å²) in [4.78, 5) is 5.77. The molecule has 140 valence electrons. The minimum atomic E-state index is -3.47. The third-order valence-corrected chi connectivity index (χ3v) is 8.03. The van der Waals surface area contributed by atoms with E-state index in [1.165, 1.54) is 21.9 Å². The Labute approximate surface area is 161 Å². The summed E-state index contributed by atoms with van der Waals surface area (Å²) in [5, 5.41) is 5.97. The Morgan fingerprint density at radius 2 is 1.93 bits per heavy atom. The maximum Gasteiger partial charge on any atom is 0.243 e. The number of aryl methyl sites for hydroxylation is 2. The summed E-state index contributed by atoms with van der Waals surface area (Å²) in [5.74, 6) is 1.03. The predicted molar refractivity (Wildman–Crippen MR) is 102 cm³/mol. The third kappa shape index (κ3) is 3.01.